The molecule has 0 bridgehead atoms. The lowest BCUT2D eigenvalue weighted by Gasteiger charge is -2.22. The zero-order valence-corrected chi connectivity index (χ0v) is 11.6. The molecule has 4 nitrogen and oxygen atoms in total. The Morgan fingerprint density at radius 2 is 2.24 bits per heavy atom. The highest BCUT2D eigenvalue weighted by molar-refractivity contribution is 6.31. The first-order valence-electron chi connectivity index (χ1n) is 6.05. The van der Waals surface area contributed by atoms with Crippen LogP contribution >= 0.6 is 11.6 Å². The summed E-state index contributed by atoms with van der Waals surface area (Å²) in [6.07, 6.45) is 1.16. The van der Waals surface area contributed by atoms with Crippen molar-refractivity contribution in [2.45, 2.75) is 26.8 Å². The summed E-state index contributed by atoms with van der Waals surface area (Å²) in [4.78, 5) is 2.41. The molecule has 0 aromatic carbocycles. The van der Waals surface area contributed by atoms with Gasteiger partial charge in [-0.25, -0.2) is 0 Å². The van der Waals surface area contributed by atoms with Gasteiger partial charge in [-0.05, 0) is 31.8 Å². The number of hydrogen-bond acceptors (Lipinski definition) is 3. The van der Waals surface area contributed by atoms with Gasteiger partial charge in [-0.3, -0.25) is 9.58 Å². The summed E-state index contributed by atoms with van der Waals surface area (Å²) in [5, 5.41) is 5.14. The average molecular weight is 257 g/mol. The second-order valence-corrected chi connectivity index (χ2v) is 5.82. The molecule has 96 valence electrons. The molecule has 0 amide bonds. The van der Waals surface area contributed by atoms with Crippen molar-refractivity contribution in [2.24, 2.45) is 18.2 Å². The van der Waals surface area contributed by atoms with E-state index in [1.165, 1.54) is 0 Å². The molecule has 1 fully saturated rings. The molecule has 1 unspecified atom stereocenters. The highest BCUT2D eigenvalue weighted by Gasteiger charge is 2.33. The second-order valence-electron chi connectivity index (χ2n) is 5.45. The molecule has 5 heteroatoms. The van der Waals surface area contributed by atoms with E-state index in [4.69, 9.17) is 17.3 Å². The third kappa shape index (κ3) is 2.49. The summed E-state index contributed by atoms with van der Waals surface area (Å²) in [6.45, 7) is 7.95. The Hall–Kier alpha value is -0.580. The number of nitrogens with zero attached hydrogens (tertiary/aromatic N) is 3. The highest BCUT2D eigenvalue weighted by atomic mass is 35.5. The predicted molar refractivity (Wildman–Crippen MR) is 70.0 cm³/mol. The minimum atomic E-state index is 0.264. The number of aromatic nitrogens is 2. The maximum atomic E-state index is 6.26. The fourth-order valence-corrected chi connectivity index (χ4v) is 2.71. The lowest BCUT2D eigenvalue weighted by Crippen LogP contribution is -2.31. The Balaban J connectivity index is 2.08. The van der Waals surface area contributed by atoms with E-state index >= 15 is 0 Å². The minimum absolute atomic E-state index is 0.264. The summed E-state index contributed by atoms with van der Waals surface area (Å²) in [5.74, 6) is 0. The van der Waals surface area contributed by atoms with E-state index in [0.717, 1.165) is 49.0 Å². The van der Waals surface area contributed by atoms with Gasteiger partial charge in [0, 0.05) is 20.1 Å². The van der Waals surface area contributed by atoms with Crippen LogP contribution in [0.4, 0.5) is 0 Å². The topological polar surface area (TPSA) is 47.1 Å². The number of hydrogen-bond donors (Lipinski definition) is 1. The molecule has 1 aliphatic rings. The van der Waals surface area contributed by atoms with Crippen LogP contribution in [0, 0.1) is 12.3 Å². The molecular formula is C12H21ClN4. The van der Waals surface area contributed by atoms with E-state index in [1.54, 1.807) is 0 Å². The van der Waals surface area contributed by atoms with Crippen molar-refractivity contribution in [1.29, 1.82) is 0 Å². The summed E-state index contributed by atoms with van der Waals surface area (Å²) < 4.78 is 1.88. The van der Waals surface area contributed by atoms with Crippen LogP contribution in [-0.4, -0.2) is 34.3 Å². The minimum Gasteiger partial charge on any atom is -0.330 e. The summed E-state index contributed by atoms with van der Waals surface area (Å²) in [6, 6.07) is 0. The van der Waals surface area contributed by atoms with Crippen molar-refractivity contribution in [3.63, 3.8) is 0 Å². The van der Waals surface area contributed by atoms with Crippen molar-refractivity contribution in [3.05, 3.63) is 16.4 Å². The molecule has 2 N–H and O–H groups in total. The molecule has 1 atom stereocenters. The van der Waals surface area contributed by atoms with E-state index in [1.807, 2.05) is 18.7 Å². The number of aryl methyl sites for hydroxylation is 2. The first-order valence-corrected chi connectivity index (χ1v) is 6.43. The molecule has 1 aromatic heterocycles. The van der Waals surface area contributed by atoms with Crippen molar-refractivity contribution >= 4 is 11.6 Å². The van der Waals surface area contributed by atoms with E-state index < -0.39 is 0 Å². The van der Waals surface area contributed by atoms with E-state index in [0.29, 0.717) is 0 Å². The Kier molecular flexibility index (Phi) is 3.48. The molecule has 0 aliphatic carbocycles. The third-order valence-electron chi connectivity index (χ3n) is 3.76. The van der Waals surface area contributed by atoms with Crippen molar-refractivity contribution in [2.75, 3.05) is 19.6 Å². The van der Waals surface area contributed by atoms with Gasteiger partial charge in [-0.15, -0.1) is 0 Å². The molecule has 0 spiro atoms. The van der Waals surface area contributed by atoms with Gasteiger partial charge in [0.25, 0.3) is 0 Å². The summed E-state index contributed by atoms with van der Waals surface area (Å²) in [7, 11) is 1.95. The first kappa shape index (κ1) is 12.9. The van der Waals surface area contributed by atoms with Crippen LogP contribution in [0.1, 0.15) is 24.7 Å². The van der Waals surface area contributed by atoms with Crippen LogP contribution in [0.15, 0.2) is 0 Å². The Labute approximate surface area is 108 Å². The van der Waals surface area contributed by atoms with Gasteiger partial charge in [0.15, 0.2) is 0 Å². The van der Waals surface area contributed by atoms with Gasteiger partial charge in [0.2, 0.25) is 0 Å². The lowest BCUT2D eigenvalue weighted by molar-refractivity contribution is 0.269. The van der Waals surface area contributed by atoms with E-state index in [9.17, 15) is 0 Å². The number of halogens is 1. The fraction of sp³-hybridized carbons (Fsp3) is 0.750. The molecule has 1 aliphatic heterocycles. The predicted octanol–water partition coefficient (Wildman–Crippen LogP) is 1.55. The van der Waals surface area contributed by atoms with Gasteiger partial charge >= 0.3 is 0 Å². The normalized spacial score (nSPS) is 25.7. The highest BCUT2D eigenvalue weighted by Crippen LogP contribution is 2.30. The Morgan fingerprint density at radius 3 is 2.71 bits per heavy atom. The zero-order chi connectivity index (χ0) is 12.6. The van der Waals surface area contributed by atoms with E-state index in [2.05, 4.69) is 16.9 Å². The molecular weight excluding hydrogens is 236 g/mol. The third-order valence-corrected chi connectivity index (χ3v) is 4.26. The molecule has 1 saturated heterocycles. The quantitative estimate of drug-likeness (QED) is 0.893. The van der Waals surface area contributed by atoms with Crippen molar-refractivity contribution < 1.29 is 0 Å². The van der Waals surface area contributed by atoms with Gasteiger partial charge in [0.05, 0.1) is 16.4 Å². The summed E-state index contributed by atoms with van der Waals surface area (Å²) >= 11 is 6.26. The second kappa shape index (κ2) is 4.59. The Morgan fingerprint density at radius 1 is 1.53 bits per heavy atom. The van der Waals surface area contributed by atoms with Gasteiger partial charge < -0.3 is 5.73 Å². The first-order chi connectivity index (χ1) is 7.95. The maximum absolute atomic E-state index is 6.26. The smallest absolute Gasteiger partial charge is 0.0860 e. The van der Waals surface area contributed by atoms with Crippen LogP contribution in [0.25, 0.3) is 0 Å². The van der Waals surface area contributed by atoms with Gasteiger partial charge in [-0.1, -0.05) is 18.5 Å². The number of likely N-dealkylation sites (tertiary alicyclic amines) is 1. The van der Waals surface area contributed by atoms with Crippen molar-refractivity contribution in [1.82, 2.24) is 14.7 Å². The van der Waals surface area contributed by atoms with Crippen LogP contribution in [-0.2, 0) is 13.6 Å². The fourth-order valence-electron chi connectivity index (χ4n) is 2.49. The van der Waals surface area contributed by atoms with Crippen LogP contribution in [0.5, 0.6) is 0 Å². The van der Waals surface area contributed by atoms with Gasteiger partial charge in [0.1, 0.15) is 0 Å². The zero-order valence-electron chi connectivity index (χ0n) is 10.8. The molecule has 2 heterocycles. The standard InChI is InChI=1S/C12H21ClN4/c1-9-11(13)10(16(3)15-9)6-17-5-4-12(2,7-14)8-17/h4-8,14H2,1-3H3. The number of rotatable bonds is 3. The maximum Gasteiger partial charge on any atom is 0.0860 e. The van der Waals surface area contributed by atoms with Crippen LogP contribution in [0.3, 0.4) is 0 Å². The molecule has 2 rings (SSSR count). The Bertz CT molecular complexity index is 415. The SMILES string of the molecule is Cc1nn(C)c(CN2CCC(C)(CN)C2)c1Cl. The van der Waals surface area contributed by atoms with Crippen LogP contribution < -0.4 is 5.73 Å². The molecule has 0 saturated carbocycles. The molecule has 17 heavy (non-hydrogen) atoms. The van der Waals surface area contributed by atoms with Crippen molar-refractivity contribution in [3.8, 4) is 0 Å². The average Bonchev–Trinajstić information content (AvgIpc) is 2.77. The van der Waals surface area contributed by atoms with E-state index in [-0.39, 0.29) is 5.41 Å². The number of nitrogens with two attached hydrogens (primary N) is 1. The van der Waals surface area contributed by atoms with Gasteiger partial charge in [-0.2, -0.15) is 5.10 Å². The lowest BCUT2D eigenvalue weighted by atomic mass is 9.90. The monoisotopic (exact) mass is 256 g/mol. The molecule has 1 aromatic rings. The van der Waals surface area contributed by atoms with Crippen LogP contribution in [0.2, 0.25) is 5.02 Å². The molecule has 0 radical (unpaired) electrons. The summed E-state index contributed by atoms with van der Waals surface area (Å²) in [5.41, 5.74) is 8.09. The largest absolute Gasteiger partial charge is 0.330 e.